The molecule has 2 aromatic rings. The number of ether oxygens (including phenoxy) is 2. The number of rotatable bonds is 6. The minimum Gasteiger partial charge on any atom is -0.493 e. The Bertz CT molecular complexity index is 914. The maximum absolute atomic E-state index is 12.8. The summed E-state index contributed by atoms with van der Waals surface area (Å²) < 4.78 is 10.9. The van der Waals surface area contributed by atoms with E-state index in [1.807, 2.05) is 43.3 Å². The number of hydrogen-bond acceptors (Lipinski definition) is 4. The number of hydrogen-bond donors (Lipinski definition) is 1. The van der Waals surface area contributed by atoms with E-state index >= 15 is 0 Å². The van der Waals surface area contributed by atoms with Crippen LogP contribution in [0.5, 0.6) is 11.5 Å². The lowest BCUT2D eigenvalue weighted by Crippen LogP contribution is -2.30. The fraction of sp³-hybridized carbons (Fsp3) is 0.200. The van der Waals surface area contributed by atoms with Gasteiger partial charge < -0.3 is 14.8 Å². The standard InChI is InChI=1S/C20H19ClN2O3S/c1-3-26-17-9-8-13(11-18(17)25-2)10-16-19(24)23(20(27)22-16)12-14-6-4-5-7-15(14)21/h4-11H,3,12H2,1-2H3,(H,22,27)/b16-10-. The molecule has 0 radical (unpaired) electrons. The van der Waals surface area contributed by atoms with Gasteiger partial charge in [0, 0.05) is 5.02 Å². The lowest BCUT2D eigenvalue weighted by atomic mass is 10.1. The average molecular weight is 403 g/mol. The van der Waals surface area contributed by atoms with Crippen LogP contribution in [0.2, 0.25) is 5.02 Å². The van der Waals surface area contributed by atoms with Gasteiger partial charge in [0.2, 0.25) is 0 Å². The molecular weight excluding hydrogens is 384 g/mol. The van der Waals surface area contributed by atoms with E-state index in [0.717, 1.165) is 11.1 Å². The Balaban J connectivity index is 1.83. The van der Waals surface area contributed by atoms with Crippen molar-refractivity contribution in [3.05, 3.63) is 64.3 Å². The van der Waals surface area contributed by atoms with Gasteiger partial charge in [0.05, 0.1) is 20.3 Å². The van der Waals surface area contributed by atoms with Crippen molar-refractivity contribution in [3.8, 4) is 11.5 Å². The highest BCUT2D eigenvalue weighted by molar-refractivity contribution is 7.80. The highest BCUT2D eigenvalue weighted by Crippen LogP contribution is 2.29. The van der Waals surface area contributed by atoms with E-state index in [1.54, 1.807) is 19.3 Å². The first-order chi connectivity index (χ1) is 13.0. The number of amides is 1. The summed E-state index contributed by atoms with van der Waals surface area (Å²) in [4.78, 5) is 14.3. The second-order valence-corrected chi connectivity index (χ2v) is 6.61. The molecule has 1 fully saturated rings. The van der Waals surface area contributed by atoms with Crippen LogP contribution in [0.25, 0.3) is 6.08 Å². The Morgan fingerprint density at radius 2 is 2.00 bits per heavy atom. The predicted molar refractivity (Wildman–Crippen MR) is 110 cm³/mol. The first-order valence-corrected chi connectivity index (χ1v) is 9.21. The molecular formula is C20H19ClN2O3S. The van der Waals surface area contributed by atoms with Gasteiger partial charge in [-0.15, -0.1) is 0 Å². The number of nitrogens with one attached hydrogen (secondary N) is 1. The summed E-state index contributed by atoms with van der Waals surface area (Å²) in [5.41, 5.74) is 2.03. The van der Waals surface area contributed by atoms with Gasteiger partial charge in [-0.3, -0.25) is 9.69 Å². The molecule has 140 valence electrons. The highest BCUT2D eigenvalue weighted by atomic mass is 35.5. The molecule has 0 atom stereocenters. The Labute approximate surface area is 168 Å². The van der Waals surface area contributed by atoms with Crippen molar-refractivity contribution in [1.82, 2.24) is 10.2 Å². The number of carbonyl (C=O) groups excluding carboxylic acids is 1. The molecule has 0 saturated carbocycles. The van der Waals surface area contributed by atoms with Crippen LogP contribution in [0.4, 0.5) is 0 Å². The molecule has 1 aliphatic heterocycles. The average Bonchev–Trinajstić information content (AvgIpc) is 2.92. The van der Waals surface area contributed by atoms with Crippen LogP contribution >= 0.6 is 23.8 Å². The molecule has 0 aromatic heterocycles. The smallest absolute Gasteiger partial charge is 0.276 e. The van der Waals surface area contributed by atoms with Gasteiger partial charge in [-0.05, 0) is 54.5 Å². The first kappa shape index (κ1) is 19.2. The zero-order valence-electron chi connectivity index (χ0n) is 15.0. The Morgan fingerprint density at radius 3 is 2.70 bits per heavy atom. The largest absolute Gasteiger partial charge is 0.493 e. The summed E-state index contributed by atoms with van der Waals surface area (Å²) in [6.45, 7) is 2.77. The van der Waals surface area contributed by atoms with E-state index < -0.39 is 0 Å². The molecule has 5 nitrogen and oxygen atoms in total. The van der Waals surface area contributed by atoms with Crippen molar-refractivity contribution in [2.75, 3.05) is 13.7 Å². The molecule has 0 spiro atoms. The quantitative estimate of drug-likeness (QED) is 0.584. The Kier molecular flexibility index (Phi) is 5.98. The molecule has 7 heteroatoms. The molecule has 3 rings (SSSR count). The fourth-order valence-electron chi connectivity index (χ4n) is 2.73. The van der Waals surface area contributed by atoms with E-state index in [-0.39, 0.29) is 5.91 Å². The van der Waals surface area contributed by atoms with E-state index in [1.165, 1.54) is 4.90 Å². The molecule has 0 aliphatic carbocycles. The van der Waals surface area contributed by atoms with Crippen molar-refractivity contribution < 1.29 is 14.3 Å². The number of carbonyl (C=O) groups is 1. The zero-order chi connectivity index (χ0) is 19.4. The van der Waals surface area contributed by atoms with Crippen LogP contribution in [0.3, 0.4) is 0 Å². The van der Waals surface area contributed by atoms with Gasteiger partial charge in [0.1, 0.15) is 5.70 Å². The van der Waals surface area contributed by atoms with Crippen LogP contribution in [0.1, 0.15) is 18.1 Å². The molecule has 1 aliphatic rings. The van der Waals surface area contributed by atoms with Gasteiger partial charge >= 0.3 is 0 Å². The van der Waals surface area contributed by atoms with Crippen LogP contribution in [0, 0.1) is 0 Å². The van der Waals surface area contributed by atoms with Crippen molar-refractivity contribution in [2.45, 2.75) is 13.5 Å². The summed E-state index contributed by atoms with van der Waals surface area (Å²) in [6.07, 6.45) is 1.74. The molecule has 0 bridgehead atoms. The number of nitrogens with zero attached hydrogens (tertiary/aromatic N) is 1. The van der Waals surface area contributed by atoms with E-state index in [2.05, 4.69) is 5.32 Å². The molecule has 1 amide bonds. The summed E-state index contributed by atoms with van der Waals surface area (Å²) >= 11 is 11.5. The van der Waals surface area contributed by atoms with Gasteiger partial charge in [-0.25, -0.2) is 0 Å². The van der Waals surface area contributed by atoms with Crippen molar-refractivity contribution in [2.24, 2.45) is 0 Å². The van der Waals surface area contributed by atoms with Crippen LogP contribution < -0.4 is 14.8 Å². The van der Waals surface area contributed by atoms with Crippen LogP contribution in [0.15, 0.2) is 48.2 Å². The summed E-state index contributed by atoms with van der Waals surface area (Å²) in [5.74, 6) is 1.06. The third kappa shape index (κ3) is 4.23. The molecule has 2 aromatic carbocycles. The normalized spacial score (nSPS) is 15.2. The number of benzene rings is 2. The summed E-state index contributed by atoms with van der Waals surface area (Å²) in [7, 11) is 1.58. The van der Waals surface area contributed by atoms with E-state index in [4.69, 9.17) is 33.3 Å². The lowest BCUT2D eigenvalue weighted by Gasteiger charge is -2.14. The second kappa shape index (κ2) is 8.41. The first-order valence-electron chi connectivity index (χ1n) is 8.42. The van der Waals surface area contributed by atoms with E-state index in [9.17, 15) is 4.79 Å². The van der Waals surface area contributed by atoms with Crippen LogP contribution in [-0.4, -0.2) is 29.6 Å². The topological polar surface area (TPSA) is 50.8 Å². The molecule has 0 unspecified atom stereocenters. The van der Waals surface area contributed by atoms with Gasteiger partial charge in [0.25, 0.3) is 5.91 Å². The lowest BCUT2D eigenvalue weighted by molar-refractivity contribution is -0.122. The minimum absolute atomic E-state index is 0.201. The monoisotopic (exact) mass is 402 g/mol. The maximum atomic E-state index is 12.8. The highest BCUT2D eigenvalue weighted by Gasteiger charge is 2.31. The molecule has 27 heavy (non-hydrogen) atoms. The SMILES string of the molecule is CCOc1ccc(/C=C2\NC(=S)N(Cc3ccccc3Cl)C2=O)cc1OC. The third-order valence-electron chi connectivity index (χ3n) is 4.05. The Morgan fingerprint density at radius 1 is 1.22 bits per heavy atom. The number of thiocarbonyl (C=S) groups is 1. The number of halogens is 1. The van der Waals surface area contributed by atoms with Crippen molar-refractivity contribution >= 4 is 40.9 Å². The van der Waals surface area contributed by atoms with Crippen molar-refractivity contribution in [1.29, 1.82) is 0 Å². The summed E-state index contributed by atoms with van der Waals surface area (Å²) in [5, 5.41) is 3.92. The third-order valence-corrected chi connectivity index (χ3v) is 4.74. The Hall–Kier alpha value is -2.57. The second-order valence-electron chi connectivity index (χ2n) is 5.81. The zero-order valence-corrected chi connectivity index (χ0v) is 16.6. The van der Waals surface area contributed by atoms with E-state index in [0.29, 0.717) is 40.5 Å². The predicted octanol–water partition coefficient (Wildman–Crippen LogP) is 4.01. The van der Waals surface area contributed by atoms with Crippen LogP contribution in [-0.2, 0) is 11.3 Å². The van der Waals surface area contributed by atoms with Gasteiger partial charge in [-0.1, -0.05) is 35.9 Å². The molecule has 1 N–H and O–H groups in total. The van der Waals surface area contributed by atoms with Crippen molar-refractivity contribution in [3.63, 3.8) is 0 Å². The summed E-state index contributed by atoms with van der Waals surface area (Å²) in [6, 6.07) is 12.9. The molecule has 1 saturated heterocycles. The number of methoxy groups -OCH3 is 1. The minimum atomic E-state index is -0.201. The fourth-order valence-corrected chi connectivity index (χ4v) is 3.18. The van der Waals surface area contributed by atoms with Gasteiger partial charge in [0.15, 0.2) is 16.6 Å². The molecule has 1 heterocycles. The van der Waals surface area contributed by atoms with Gasteiger partial charge in [-0.2, -0.15) is 0 Å². The maximum Gasteiger partial charge on any atom is 0.276 e.